The fourth-order valence-electron chi connectivity index (χ4n) is 5.99. The number of ether oxygens (including phenoxy) is 1. The van der Waals surface area contributed by atoms with Crippen molar-refractivity contribution >= 4 is 41.0 Å². The molecule has 0 radical (unpaired) electrons. The molecule has 0 spiro atoms. The third kappa shape index (κ3) is 6.18. The van der Waals surface area contributed by atoms with E-state index in [-0.39, 0.29) is 41.0 Å². The number of carbonyl (C=O) groups is 5. The van der Waals surface area contributed by atoms with Crippen LogP contribution >= 0.6 is 11.6 Å². The maximum absolute atomic E-state index is 13.7. The highest BCUT2D eigenvalue weighted by molar-refractivity contribution is 6.38. The summed E-state index contributed by atoms with van der Waals surface area (Å²) in [5.41, 5.74) is 0. The molecule has 39 heavy (non-hydrogen) atoms. The van der Waals surface area contributed by atoms with Crippen LogP contribution in [0.3, 0.4) is 0 Å². The fraction of sp³-hybridized carbons (Fsp3) is 0.593. The average molecular weight is 563 g/mol. The first-order valence-electron chi connectivity index (χ1n) is 13.5. The van der Waals surface area contributed by atoms with Gasteiger partial charge in [-0.15, -0.1) is 0 Å². The quantitative estimate of drug-likeness (QED) is 0.369. The van der Waals surface area contributed by atoms with Crippen molar-refractivity contribution < 1.29 is 33.1 Å². The molecule has 0 bridgehead atoms. The Balaban J connectivity index is 1.30. The molecular formula is C27H32ClFN4O6. The van der Waals surface area contributed by atoms with Gasteiger partial charge in [0.15, 0.2) is 6.61 Å². The van der Waals surface area contributed by atoms with Gasteiger partial charge in [0, 0.05) is 31.1 Å². The van der Waals surface area contributed by atoms with Crippen LogP contribution in [0.25, 0.3) is 0 Å². The minimum Gasteiger partial charge on any atom is -0.482 e. The molecule has 2 saturated carbocycles. The van der Waals surface area contributed by atoms with Crippen molar-refractivity contribution in [2.24, 2.45) is 17.8 Å². The van der Waals surface area contributed by atoms with E-state index < -0.39 is 53.9 Å². The second-order valence-corrected chi connectivity index (χ2v) is 11.3. The third-order valence-electron chi connectivity index (χ3n) is 8.18. The highest BCUT2D eigenvalue weighted by Crippen LogP contribution is 2.42. The van der Waals surface area contributed by atoms with Crippen molar-refractivity contribution in [3.8, 4) is 5.75 Å². The van der Waals surface area contributed by atoms with Crippen molar-refractivity contribution in [2.45, 2.75) is 63.1 Å². The predicted octanol–water partition coefficient (Wildman–Crippen LogP) is 1.34. The van der Waals surface area contributed by atoms with Gasteiger partial charge in [-0.05, 0) is 62.5 Å². The molecule has 2 aliphatic carbocycles. The molecule has 4 fully saturated rings. The Morgan fingerprint density at radius 1 is 1.15 bits per heavy atom. The van der Waals surface area contributed by atoms with E-state index in [4.69, 9.17) is 16.3 Å². The lowest BCUT2D eigenvalue weighted by molar-refractivity contribution is -0.144. The van der Waals surface area contributed by atoms with Crippen LogP contribution in [0, 0.1) is 23.6 Å². The van der Waals surface area contributed by atoms with Crippen LogP contribution in [-0.2, 0) is 24.0 Å². The first-order chi connectivity index (χ1) is 18.7. The van der Waals surface area contributed by atoms with E-state index in [2.05, 4.69) is 16.0 Å². The standard InChI is InChI=1S/C27H32ClFN4O6/c28-19-7-4-16(29)11-21(19)39-13-22(34)33-12-15-2-1-3-18(15)23(33)26(37)32-20(10-14-8-9-30-25(14)36)24(35)27(38)31-17-5-6-17/h4,7,11,14-15,17-18,20,23H,1-3,5-6,8-10,12-13H2,(H,30,36)(H,31,38)(H,32,37)/t14-,15-,18-,20-,23-/m0/s1. The molecule has 0 unspecified atom stereocenters. The smallest absolute Gasteiger partial charge is 0.289 e. The number of carbonyl (C=O) groups excluding carboxylic acids is 5. The number of amides is 4. The van der Waals surface area contributed by atoms with Gasteiger partial charge in [0.2, 0.25) is 17.6 Å². The summed E-state index contributed by atoms with van der Waals surface area (Å²) in [5, 5.41) is 8.26. The van der Waals surface area contributed by atoms with Crippen molar-refractivity contribution in [1.29, 1.82) is 0 Å². The van der Waals surface area contributed by atoms with Gasteiger partial charge < -0.3 is 25.6 Å². The minimum absolute atomic E-state index is 0.00440. The van der Waals surface area contributed by atoms with Gasteiger partial charge in [0.25, 0.3) is 11.8 Å². The third-order valence-corrected chi connectivity index (χ3v) is 8.49. The molecule has 10 nitrogen and oxygen atoms in total. The van der Waals surface area contributed by atoms with Crippen LogP contribution in [0.1, 0.15) is 44.9 Å². The highest BCUT2D eigenvalue weighted by atomic mass is 35.5. The van der Waals surface area contributed by atoms with E-state index in [0.717, 1.165) is 38.2 Å². The summed E-state index contributed by atoms with van der Waals surface area (Å²) in [5.74, 6) is -3.80. The van der Waals surface area contributed by atoms with Crippen molar-refractivity contribution in [3.05, 3.63) is 29.0 Å². The Bertz CT molecular complexity index is 1180. The van der Waals surface area contributed by atoms with Gasteiger partial charge in [-0.25, -0.2) is 4.39 Å². The van der Waals surface area contributed by atoms with E-state index in [9.17, 15) is 28.4 Å². The number of benzene rings is 1. The molecule has 1 aromatic carbocycles. The molecule has 4 amide bonds. The molecule has 1 aromatic rings. The molecule has 3 N–H and O–H groups in total. The predicted molar refractivity (Wildman–Crippen MR) is 137 cm³/mol. The molecule has 2 saturated heterocycles. The molecule has 210 valence electrons. The molecular weight excluding hydrogens is 531 g/mol. The van der Waals surface area contributed by atoms with E-state index in [1.165, 1.54) is 17.0 Å². The van der Waals surface area contributed by atoms with Crippen LogP contribution in [-0.4, -0.2) is 72.1 Å². The molecule has 5 rings (SSSR count). The highest BCUT2D eigenvalue weighted by Gasteiger charge is 2.50. The second-order valence-electron chi connectivity index (χ2n) is 10.9. The van der Waals surface area contributed by atoms with Crippen molar-refractivity contribution in [3.63, 3.8) is 0 Å². The molecule has 4 aliphatic rings. The molecule has 5 atom stereocenters. The van der Waals surface area contributed by atoms with Gasteiger partial charge >= 0.3 is 0 Å². The number of Topliss-reactive ketones (excluding diaryl/α,β-unsaturated/α-hetero) is 1. The Morgan fingerprint density at radius 3 is 2.67 bits per heavy atom. The zero-order chi connectivity index (χ0) is 27.7. The maximum Gasteiger partial charge on any atom is 0.289 e. The van der Waals surface area contributed by atoms with Gasteiger partial charge in [0.05, 0.1) is 11.1 Å². The number of likely N-dealkylation sites (tertiary alicyclic amines) is 1. The maximum atomic E-state index is 13.7. The average Bonchev–Trinajstić information content (AvgIpc) is 3.27. The van der Waals surface area contributed by atoms with Gasteiger partial charge in [0.1, 0.15) is 17.6 Å². The molecule has 2 aliphatic heterocycles. The first-order valence-corrected chi connectivity index (χ1v) is 13.9. The topological polar surface area (TPSA) is 134 Å². The summed E-state index contributed by atoms with van der Waals surface area (Å²) in [7, 11) is 0. The monoisotopic (exact) mass is 562 g/mol. The zero-order valence-corrected chi connectivity index (χ0v) is 22.2. The normalized spacial score (nSPS) is 26.5. The van der Waals surface area contributed by atoms with Crippen molar-refractivity contribution in [1.82, 2.24) is 20.9 Å². The van der Waals surface area contributed by atoms with Crippen LogP contribution < -0.4 is 20.7 Å². The van der Waals surface area contributed by atoms with Gasteiger partial charge in [-0.1, -0.05) is 18.0 Å². The Morgan fingerprint density at radius 2 is 1.95 bits per heavy atom. The second kappa shape index (κ2) is 11.5. The number of hydrogen-bond donors (Lipinski definition) is 3. The van der Waals surface area contributed by atoms with Crippen LogP contribution in [0.5, 0.6) is 5.75 Å². The summed E-state index contributed by atoms with van der Waals surface area (Å²) in [4.78, 5) is 66.3. The number of nitrogens with one attached hydrogen (secondary N) is 3. The SMILES string of the molecule is O=C(NC1CC1)C(=O)[C@H](C[C@@H]1CCNC1=O)NC(=O)[C@@H]1[C@H]2CCC[C@H]2CN1C(=O)COc1cc(F)ccc1Cl. The van der Waals surface area contributed by atoms with Gasteiger partial charge in [-0.3, -0.25) is 24.0 Å². The van der Waals surface area contributed by atoms with Crippen molar-refractivity contribution in [2.75, 3.05) is 19.7 Å². The lowest BCUT2D eigenvalue weighted by Gasteiger charge is -2.29. The van der Waals surface area contributed by atoms with Gasteiger partial charge in [-0.2, -0.15) is 0 Å². The zero-order valence-electron chi connectivity index (χ0n) is 21.4. The number of fused-ring (bicyclic) bond motifs is 1. The number of ketones is 1. The summed E-state index contributed by atoms with van der Waals surface area (Å²) < 4.78 is 19.1. The first kappa shape index (κ1) is 27.4. The summed E-state index contributed by atoms with van der Waals surface area (Å²) >= 11 is 6.05. The number of hydrogen-bond acceptors (Lipinski definition) is 6. The summed E-state index contributed by atoms with van der Waals surface area (Å²) in [6.45, 7) is 0.380. The molecule has 0 aromatic heterocycles. The van der Waals surface area contributed by atoms with Crippen LogP contribution in [0.4, 0.5) is 4.39 Å². The largest absolute Gasteiger partial charge is 0.482 e. The van der Waals surface area contributed by atoms with Crippen LogP contribution in [0.15, 0.2) is 18.2 Å². The lowest BCUT2D eigenvalue weighted by Crippen LogP contribution is -2.55. The summed E-state index contributed by atoms with van der Waals surface area (Å²) in [6, 6.07) is 1.51. The molecule has 12 heteroatoms. The van der Waals surface area contributed by atoms with E-state index >= 15 is 0 Å². The Kier molecular flexibility index (Phi) is 8.06. The minimum atomic E-state index is -1.19. The lowest BCUT2D eigenvalue weighted by atomic mass is 9.91. The van der Waals surface area contributed by atoms with E-state index in [0.29, 0.717) is 19.5 Å². The Hall–Kier alpha value is -3.21. The number of nitrogens with zero attached hydrogens (tertiary/aromatic N) is 1. The fourth-order valence-corrected chi connectivity index (χ4v) is 6.17. The number of halogens is 2. The Labute approximate surface area is 230 Å². The van der Waals surface area contributed by atoms with E-state index in [1.807, 2.05) is 0 Å². The molecule has 2 heterocycles. The van der Waals surface area contributed by atoms with Crippen LogP contribution in [0.2, 0.25) is 5.02 Å². The number of rotatable bonds is 10. The summed E-state index contributed by atoms with van der Waals surface area (Å²) in [6.07, 6.45) is 4.63. The van der Waals surface area contributed by atoms with E-state index in [1.54, 1.807) is 0 Å².